The van der Waals surface area contributed by atoms with Gasteiger partial charge >= 0.3 is 18.2 Å². The average molecular weight is 1140 g/mol. The second-order valence-corrected chi connectivity index (χ2v) is 23.9. The molecule has 0 spiro atoms. The Hall–Kier alpha value is -5.01. The van der Waals surface area contributed by atoms with Gasteiger partial charge in [-0.3, -0.25) is 9.69 Å². The summed E-state index contributed by atoms with van der Waals surface area (Å²) in [5, 5.41) is 51.6. The molecule has 0 aliphatic carbocycles. The monoisotopic (exact) mass is 1140 g/mol. The first-order valence-corrected chi connectivity index (χ1v) is 28.4. The van der Waals surface area contributed by atoms with Gasteiger partial charge in [0.05, 0.1) is 62.3 Å². The summed E-state index contributed by atoms with van der Waals surface area (Å²) >= 11 is 0. The number of cyclic esters (lactones) is 1. The van der Waals surface area contributed by atoms with Crippen LogP contribution in [-0.2, 0) is 62.3 Å². The standard InChI is InChI=1S/C59H93N7O15/c1-17-46-59(11,72)51(80-55(69)60-29-41-22-24-44(73-15)25-23-41)39(7)65(14)31-35(3)27-57(9,71)50(79-54-48(67)45(64(12)13)26-36(4)75-54)37(5)49(38(6)53(68)77-46)78-47-28-58(10,74-16)52(40(8)76-47)81-56(70)61-30-43-33-66(63-62-43)32-42-20-18-34(2)19-21-42/h18-25,33,35-40,45-52,54,67,71-72H,17,26-32H2,1-16H3,(H,60,69)(H,61,70)/t35-,36-,37+,38-,39-,40+,45+,46-,47+,48-,49+,50-,51-,52+,54+,57-,58-,59-/m1/s1. The van der Waals surface area contributed by atoms with E-state index in [1.807, 2.05) is 95.0 Å². The molecule has 4 heterocycles. The second-order valence-electron chi connectivity index (χ2n) is 23.9. The second kappa shape index (κ2) is 28.0. The third-order valence-electron chi connectivity index (χ3n) is 16.7. The lowest BCUT2D eigenvalue weighted by Crippen LogP contribution is -2.61. The normalized spacial score (nSPS) is 35.7. The molecule has 0 unspecified atom stereocenters. The fraction of sp³-hybridized carbons (Fsp3) is 0.712. The number of aryl methyl sites for hydroxylation is 1. The Balaban J connectivity index is 1.29. The number of esters is 1. The number of benzene rings is 2. The molecule has 0 saturated carbocycles. The number of likely N-dealkylation sites (N-methyl/N-ethyl adjacent to an activating group) is 2. The Morgan fingerprint density at radius 2 is 1.48 bits per heavy atom. The van der Waals surface area contributed by atoms with Crippen molar-refractivity contribution in [3.05, 3.63) is 77.1 Å². The summed E-state index contributed by atoms with van der Waals surface area (Å²) in [6, 6.07) is 14.3. The number of aliphatic hydroxyl groups is 3. The number of amides is 2. The number of aromatic nitrogens is 3. The smallest absolute Gasteiger partial charge is 0.407 e. The Kier molecular flexibility index (Phi) is 22.6. The van der Waals surface area contributed by atoms with Gasteiger partial charge < -0.3 is 73.5 Å². The molecule has 3 aliphatic rings. The average Bonchev–Trinajstić information content (AvgIpc) is 3.88. The lowest BCUT2D eigenvalue weighted by Gasteiger charge is -2.49. The van der Waals surface area contributed by atoms with Crippen molar-refractivity contribution < 1.29 is 72.3 Å². The summed E-state index contributed by atoms with van der Waals surface area (Å²) in [4.78, 5) is 46.2. The van der Waals surface area contributed by atoms with E-state index >= 15 is 4.79 Å². The van der Waals surface area contributed by atoms with E-state index in [0.717, 1.165) is 16.7 Å². The summed E-state index contributed by atoms with van der Waals surface area (Å²) < 4.78 is 58.4. The first kappa shape index (κ1) is 65.1. The molecular weight excluding hydrogens is 1050 g/mol. The molecular formula is C59H93N7O15. The Morgan fingerprint density at radius 3 is 2.10 bits per heavy atom. The van der Waals surface area contributed by atoms with Crippen molar-refractivity contribution in [1.82, 2.24) is 35.4 Å². The molecule has 81 heavy (non-hydrogen) atoms. The fourth-order valence-corrected chi connectivity index (χ4v) is 11.9. The first-order chi connectivity index (χ1) is 38.1. The molecule has 22 heteroatoms. The maximum absolute atomic E-state index is 15.0. The molecule has 3 aliphatic heterocycles. The maximum Gasteiger partial charge on any atom is 0.407 e. The van der Waals surface area contributed by atoms with E-state index < -0.39 is 108 Å². The van der Waals surface area contributed by atoms with Crippen LogP contribution in [0.3, 0.4) is 0 Å². The lowest BCUT2D eigenvalue weighted by atomic mass is 9.77. The number of hydrogen-bond acceptors (Lipinski definition) is 19. The molecule has 454 valence electrons. The number of methoxy groups -OCH3 is 2. The topological polar surface area (TPSA) is 256 Å². The third kappa shape index (κ3) is 16.6. The predicted octanol–water partition coefficient (Wildman–Crippen LogP) is 5.73. The Bertz CT molecular complexity index is 2480. The lowest BCUT2D eigenvalue weighted by molar-refractivity contribution is -0.317. The molecule has 2 aromatic carbocycles. The van der Waals surface area contributed by atoms with Crippen LogP contribution in [-0.4, -0.2) is 190 Å². The molecule has 22 nitrogen and oxygen atoms in total. The van der Waals surface area contributed by atoms with Gasteiger partial charge in [0, 0.05) is 44.6 Å². The summed E-state index contributed by atoms with van der Waals surface area (Å²) in [6.45, 7) is 20.6. The van der Waals surface area contributed by atoms with Gasteiger partial charge in [0.2, 0.25) is 0 Å². The van der Waals surface area contributed by atoms with Crippen LogP contribution in [0.1, 0.15) is 117 Å². The molecule has 3 fully saturated rings. The van der Waals surface area contributed by atoms with Gasteiger partial charge in [0.15, 0.2) is 24.8 Å². The van der Waals surface area contributed by atoms with Crippen LogP contribution in [0.15, 0.2) is 54.7 Å². The summed E-state index contributed by atoms with van der Waals surface area (Å²) in [6.07, 6.45) is -9.35. The summed E-state index contributed by atoms with van der Waals surface area (Å²) in [5.41, 5.74) is -1.35. The van der Waals surface area contributed by atoms with Gasteiger partial charge in [-0.25, -0.2) is 14.3 Å². The Labute approximate surface area is 478 Å². The Morgan fingerprint density at radius 1 is 0.852 bits per heavy atom. The van der Waals surface area contributed by atoms with Crippen LogP contribution in [0.4, 0.5) is 9.59 Å². The zero-order valence-electron chi connectivity index (χ0n) is 50.5. The SMILES string of the molecule is CC[C@H]1OC(=O)[C@H](C)[C@@H](O[C@H]2C[C@@](C)(OC)[C@@H](OC(=O)NCc3cn(Cc4ccc(C)cc4)nn3)[C@H](C)O2)[C@H](C)[C@@H](O[C@@H]2O[C@H](C)C[C@H](N(C)C)[C@H]2O)[C@](C)(O)C[C@@H](C)CN(C)[C@H](C)[C@@H](OC(=O)NCc2ccc(OC)cc2)[C@]1(C)O. The molecule has 3 saturated heterocycles. The molecule has 0 radical (unpaired) electrons. The van der Waals surface area contributed by atoms with Gasteiger partial charge in [-0.05, 0) is 125 Å². The summed E-state index contributed by atoms with van der Waals surface area (Å²) in [7, 11) is 8.65. The van der Waals surface area contributed by atoms with Crippen molar-refractivity contribution in [1.29, 1.82) is 0 Å². The quantitative estimate of drug-likeness (QED) is 0.0848. The number of aliphatic hydroxyl groups excluding tert-OH is 1. The number of nitrogens with one attached hydrogen (secondary N) is 2. The van der Waals surface area contributed by atoms with Crippen molar-refractivity contribution in [3.8, 4) is 5.75 Å². The van der Waals surface area contributed by atoms with Crippen molar-refractivity contribution in [2.75, 3.05) is 41.9 Å². The van der Waals surface area contributed by atoms with E-state index in [4.69, 9.17) is 42.6 Å². The third-order valence-corrected chi connectivity index (χ3v) is 16.7. The fourth-order valence-electron chi connectivity index (χ4n) is 11.9. The van der Waals surface area contributed by atoms with Gasteiger partial charge in [0.1, 0.15) is 34.9 Å². The molecule has 18 atom stereocenters. The minimum absolute atomic E-state index is 0.00556. The van der Waals surface area contributed by atoms with Crippen molar-refractivity contribution in [3.63, 3.8) is 0 Å². The number of carbonyl (C=O) groups is 3. The number of nitrogens with zero attached hydrogens (tertiary/aromatic N) is 5. The minimum Gasteiger partial charge on any atom is -0.497 e. The van der Waals surface area contributed by atoms with Crippen molar-refractivity contribution in [2.24, 2.45) is 17.8 Å². The highest BCUT2D eigenvalue weighted by Gasteiger charge is 2.54. The van der Waals surface area contributed by atoms with E-state index in [2.05, 4.69) is 20.9 Å². The van der Waals surface area contributed by atoms with Gasteiger partial charge in [-0.2, -0.15) is 0 Å². The molecule has 5 N–H and O–H groups in total. The van der Waals surface area contributed by atoms with E-state index in [1.54, 1.807) is 71.7 Å². The first-order valence-electron chi connectivity index (χ1n) is 28.4. The van der Waals surface area contributed by atoms with E-state index in [0.29, 0.717) is 31.0 Å². The van der Waals surface area contributed by atoms with E-state index in [9.17, 15) is 24.9 Å². The van der Waals surface area contributed by atoms with Crippen molar-refractivity contribution >= 4 is 18.2 Å². The van der Waals surface area contributed by atoms with Gasteiger partial charge in [0.25, 0.3) is 0 Å². The van der Waals surface area contributed by atoms with Crippen LogP contribution in [0.5, 0.6) is 5.75 Å². The molecule has 2 amide bonds. The van der Waals surface area contributed by atoms with E-state index in [1.165, 1.54) is 14.0 Å². The molecule has 0 bridgehead atoms. The van der Waals surface area contributed by atoms with Crippen LogP contribution in [0.25, 0.3) is 0 Å². The predicted molar refractivity (Wildman–Crippen MR) is 300 cm³/mol. The number of carbonyl (C=O) groups excluding carboxylic acids is 3. The zero-order chi connectivity index (χ0) is 59.7. The van der Waals surface area contributed by atoms with Crippen LogP contribution < -0.4 is 15.4 Å². The van der Waals surface area contributed by atoms with Gasteiger partial charge in [-0.1, -0.05) is 67.9 Å². The van der Waals surface area contributed by atoms with Gasteiger partial charge in [-0.15, -0.1) is 5.10 Å². The highest BCUT2D eigenvalue weighted by molar-refractivity contribution is 5.73. The number of ether oxygens (including phenoxy) is 9. The highest BCUT2D eigenvalue weighted by atomic mass is 16.7. The maximum atomic E-state index is 15.0. The molecule has 3 aromatic rings. The molecule has 1 aromatic heterocycles. The van der Waals surface area contributed by atoms with E-state index in [-0.39, 0.29) is 50.4 Å². The number of rotatable bonds is 16. The summed E-state index contributed by atoms with van der Waals surface area (Å²) in [5.74, 6) is -2.42. The van der Waals surface area contributed by atoms with Crippen LogP contribution in [0, 0.1) is 24.7 Å². The minimum atomic E-state index is -1.96. The van der Waals surface area contributed by atoms with Crippen molar-refractivity contribution in [2.45, 2.75) is 212 Å². The highest BCUT2D eigenvalue weighted by Crippen LogP contribution is 2.41. The number of hydrogen-bond donors (Lipinski definition) is 5. The molecule has 6 rings (SSSR count). The van der Waals surface area contributed by atoms with Crippen LogP contribution in [0.2, 0.25) is 0 Å². The number of alkyl carbamates (subject to hydrolysis) is 2. The zero-order valence-corrected chi connectivity index (χ0v) is 50.5. The van der Waals surface area contributed by atoms with Crippen LogP contribution >= 0.6 is 0 Å². The largest absolute Gasteiger partial charge is 0.497 e.